The van der Waals surface area contributed by atoms with Crippen molar-refractivity contribution in [2.45, 2.75) is 25.9 Å². The average Bonchev–Trinajstić information content (AvgIpc) is 2.68. The zero-order chi connectivity index (χ0) is 24.1. The number of carbonyl (C=O) groups is 1. The van der Waals surface area contributed by atoms with Crippen LogP contribution in [0.2, 0.25) is 5.02 Å². The summed E-state index contributed by atoms with van der Waals surface area (Å²) in [5.41, 5.74) is -0.509. The number of hydrogen-bond acceptors (Lipinski definition) is 4. The molecule has 176 valence electrons. The molecule has 6 nitrogen and oxygen atoms in total. The van der Waals surface area contributed by atoms with E-state index in [-0.39, 0.29) is 24.1 Å². The lowest BCUT2D eigenvalue weighted by atomic mass is 10.0. The summed E-state index contributed by atoms with van der Waals surface area (Å²) < 4.78 is 69.7. The molecule has 2 rings (SSSR count). The Balaban J connectivity index is 2.06. The largest absolute Gasteiger partial charge is 0.491 e. The van der Waals surface area contributed by atoms with E-state index in [1.807, 2.05) is 32.0 Å². The Bertz CT molecular complexity index is 1060. The van der Waals surface area contributed by atoms with Crippen molar-refractivity contribution in [3.63, 3.8) is 0 Å². The molecule has 0 aliphatic carbocycles. The number of benzene rings is 2. The fraction of sp³-hybridized carbons (Fsp3) is 0.381. The van der Waals surface area contributed by atoms with E-state index in [2.05, 4.69) is 5.32 Å². The second-order valence-electron chi connectivity index (χ2n) is 7.32. The SMILES string of the molecule is CC(C)c1ccccc1OCCNC(=O)CN(c1cc(C(F)(F)F)ccc1Cl)S(C)(=O)=O. The molecule has 0 saturated carbocycles. The van der Waals surface area contributed by atoms with Crippen molar-refractivity contribution in [3.8, 4) is 5.75 Å². The summed E-state index contributed by atoms with van der Waals surface area (Å²) >= 11 is 5.94. The van der Waals surface area contributed by atoms with Crippen molar-refractivity contribution < 1.29 is 31.1 Å². The van der Waals surface area contributed by atoms with Gasteiger partial charge in [0.1, 0.15) is 18.9 Å². The molecule has 0 aromatic heterocycles. The second-order valence-corrected chi connectivity index (χ2v) is 9.64. The molecule has 0 saturated heterocycles. The third-order valence-electron chi connectivity index (χ3n) is 4.45. The standard InChI is InChI=1S/C21H24ClF3N2O4S/c1-14(2)16-6-4-5-7-19(16)31-11-10-26-20(28)13-27(32(3,29)30)18-12-15(21(23,24)25)8-9-17(18)22/h4-9,12,14H,10-11,13H2,1-3H3,(H,26,28). The average molecular weight is 493 g/mol. The van der Waals surface area contributed by atoms with Crippen LogP contribution in [0.4, 0.5) is 18.9 Å². The van der Waals surface area contributed by atoms with Crippen molar-refractivity contribution in [3.05, 3.63) is 58.6 Å². The predicted octanol–water partition coefficient (Wildman–Crippen LogP) is 4.44. The van der Waals surface area contributed by atoms with E-state index in [0.29, 0.717) is 16.1 Å². The number of amides is 1. The highest BCUT2D eigenvalue weighted by Gasteiger charge is 2.33. The molecule has 32 heavy (non-hydrogen) atoms. The highest BCUT2D eigenvalue weighted by molar-refractivity contribution is 7.92. The first kappa shape index (κ1) is 25.8. The number of alkyl halides is 3. The predicted molar refractivity (Wildman–Crippen MR) is 118 cm³/mol. The van der Waals surface area contributed by atoms with Crippen molar-refractivity contribution >= 4 is 33.2 Å². The van der Waals surface area contributed by atoms with E-state index >= 15 is 0 Å². The number of anilines is 1. The third kappa shape index (κ3) is 7.03. The van der Waals surface area contributed by atoms with Gasteiger partial charge in [-0.3, -0.25) is 9.10 Å². The van der Waals surface area contributed by atoms with Gasteiger partial charge in [-0.2, -0.15) is 13.2 Å². The van der Waals surface area contributed by atoms with Crippen molar-refractivity contribution in [2.24, 2.45) is 0 Å². The first-order valence-corrected chi connectivity index (χ1v) is 11.9. The van der Waals surface area contributed by atoms with Gasteiger partial charge in [-0.25, -0.2) is 8.42 Å². The number of nitrogens with one attached hydrogen (secondary N) is 1. The van der Waals surface area contributed by atoms with Gasteiger partial charge < -0.3 is 10.1 Å². The Morgan fingerprint density at radius 2 is 1.84 bits per heavy atom. The normalized spacial score (nSPS) is 12.0. The molecule has 0 radical (unpaired) electrons. The van der Waals surface area contributed by atoms with Gasteiger partial charge >= 0.3 is 6.18 Å². The summed E-state index contributed by atoms with van der Waals surface area (Å²) in [4.78, 5) is 12.3. The minimum Gasteiger partial charge on any atom is -0.491 e. The zero-order valence-electron chi connectivity index (χ0n) is 17.7. The minimum absolute atomic E-state index is 0.0686. The summed E-state index contributed by atoms with van der Waals surface area (Å²) in [6.07, 6.45) is -3.92. The van der Waals surface area contributed by atoms with Crippen molar-refractivity contribution in [1.82, 2.24) is 5.32 Å². The quantitative estimate of drug-likeness (QED) is 0.525. The topological polar surface area (TPSA) is 75.7 Å². The fourth-order valence-electron chi connectivity index (χ4n) is 2.89. The first-order chi connectivity index (χ1) is 14.8. The summed E-state index contributed by atoms with van der Waals surface area (Å²) in [6.45, 7) is 3.49. The van der Waals surface area contributed by atoms with Crippen LogP contribution in [0.15, 0.2) is 42.5 Å². The number of halogens is 4. The van der Waals surface area contributed by atoms with Crippen LogP contribution in [0.25, 0.3) is 0 Å². The van der Waals surface area contributed by atoms with Gasteiger partial charge in [-0.1, -0.05) is 43.6 Å². The van der Waals surface area contributed by atoms with Crippen LogP contribution >= 0.6 is 11.6 Å². The molecule has 0 heterocycles. The maximum absolute atomic E-state index is 13.0. The van der Waals surface area contributed by atoms with Gasteiger partial charge in [0.05, 0.1) is 29.1 Å². The molecule has 0 bridgehead atoms. The number of para-hydroxylation sites is 1. The molecule has 0 atom stereocenters. The Morgan fingerprint density at radius 1 is 1.19 bits per heavy atom. The maximum atomic E-state index is 13.0. The molecule has 0 unspecified atom stereocenters. The van der Waals surface area contributed by atoms with Gasteiger partial charge in [-0.05, 0) is 35.7 Å². The van der Waals surface area contributed by atoms with Crippen molar-refractivity contribution in [1.29, 1.82) is 0 Å². The maximum Gasteiger partial charge on any atom is 0.416 e. The summed E-state index contributed by atoms with van der Waals surface area (Å²) in [7, 11) is -4.10. The first-order valence-electron chi connectivity index (χ1n) is 9.63. The molecule has 0 aliphatic heterocycles. The molecule has 2 aromatic carbocycles. The molecule has 0 aliphatic rings. The lowest BCUT2D eigenvalue weighted by molar-refractivity contribution is -0.137. The van der Waals surface area contributed by atoms with Crippen LogP contribution in [-0.4, -0.2) is 40.3 Å². The Morgan fingerprint density at radius 3 is 2.44 bits per heavy atom. The van der Waals surface area contributed by atoms with Crippen LogP contribution in [0.5, 0.6) is 5.75 Å². The number of ether oxygens (including phenoxy) is 1. The molecular formula is C21H24ClF3N2O4S. The molecule has 1 N–H and O–H groups in total. The molecule has 1 amide bonds. The number of nitrogens with zero attached hydrogens (tertiary/aromatic N) is 1. The lowest BCUT2D eigenvalue weighted by Gasteiger charge is -2.24. The number of hydrogen-bond donors (Lipinski definition) is 1. The van der Waals surface area contributed by atoms with E-state index in [4.69, 9.17) is 16.3 Å². The van der Waals surface area contributed by atoms with Crippen LogP contribution in [0, 0.1) is 0 Å². The summed E-state index contributed by atoms with van der Waals surface area (Å²) in [5, 5.41) is 2.27. The van der Waals surface area contributed by atoms with E-state index in [1.165, 1.54) is 0 Å². The Labute approximate surface area is 190 Å². The highest BCUT2D eigenvalue weighted by atomic mass is 35.5. The Kier molecular flexibility index (Phi) is 8.41. The van der Waals surface area contributed by atoms with E-state index in [1.54, 1.807) is 6.07 Å². The van der Waals surface area contributed by atoms with Gasteiger partial charge in [0.25, 0.3) is 0 Å². The Hall–Kier alpha value is -2.46. The molecule has 11 heteroatoms. The van der Waals surface area contributed by atoms with Crippen LogP contribution in [0.3, 0.4) is 0 Å². The molecule has 0 fully saturated rings. The van der Waals surface area contributed by atoms with Gasteiger partial charge in [-0.15, -0.1) is 0 Å². The fourth-order valence-corrected chi connectivity index (χ4v) is 4.02. The lowest BCUT2D eigenvalue weighted by Crippen LogP contribution is -2.41. The molecule has 2 aromatic rings. The van der Waals surface area contributed by atoms with Crippen LogP contribution < -0.4 is 14.4 Å². The van der Waals surface area contributed by atoms with Gasteiger partial charge in [0, 0.05) is 0 Å². The smallest absolute Gasteiger partial charge is 0.416 e. The number of carbonyl (C=O) groups excluding carboxylic acids is 1. The van der Waals surface area contributed by atoms with Crippen molar-refractivity contribution in [2.75, 3.05) is 30.3 Å². The number of rotatable bonds is 9. The monoisotopic (exact) mass is 492 g/mol. The second kappa shape index (κ2) is 10.4. The van der Waals surface area contributed by atoms with E-state index in [0.717, 1.165) is 24.0 Å². The minimum atomic E-state index is -4.70. The molecular weight excluding hydrogens is 469 g/mol. The molecule has 0 spiro atoms. The highest BCUT2D eigenvalue weighted by Crippen LogP contribution is 2.36. The summed E-state index contributed by atoms with van der Waals surface area (Å²) in [6, 6.07) is 9.72. The van der Waals surface area contributed by atoms with Crippen LogP contribution in [0.1, 0.15) is 30.9 Å². The van der Waals surface area contributed by atoms with Gasteiger partial charge in [0.2, 0.25) is 15.9 Å². The summed E-state index contributed by atoms with van der Waals surface area (Å²) in [5.74, 6) is 0.191. The van der Waals surface area contributed by atoms with E-state index < -0.39 is 39.9 Å². The number of sulfonamides is 1. The van der Waals surface area contributed by atoms with E-state index in [9.17, 15) is 26.4 Å². The van der Waals surface area contributed by atoms with Gasteiger partial charge in [0.15, 0.2) is 0 Å². The van der Waals surface area contributed by atoms with Crippen LogP contribution in [-0.2, 0) is 21.0 Å². The third-order valence-corrected chi connectivity index (χ3v) is 5.90. The zero-order valence-corrected chi connectivity index (χ0v) is 19.3.